The van der Waals surface area contributed by atoms with Crippen LogP contribution < -0.4 is 10.5 Å². The van der Waals surface area contributed by atoms with Crippen molar-refractivity contribution in [3.8, 4) is 17.3 Å². The Hall–Kier alpha value is -2.36. The number of nitrogen functional groups attached to an aromatic ring is 1. The van der Waals surface area contributed by atoms with Crippen LogP contribution in [0.5, 0.6) is 5.88 Å². The van der Waals surface area contributed by atoms with Crippen molar-refractivity contribution in [2.45, 2.75) is 13.3 Å². The lowest BCUT2D eigenvalue weighted by Crippen LogP contribution is -2.03. The number of aromatic nitrogens is 2. The van der Waals surface area contributed by atoms with Gasteiger partial charge in [-0.15, -0.1) is 6.58 Å². The van der Waals surface area contributed by atoms with Crippen molar-refractivity contribution in [1.82, 2.24) is 9.97 Å². The zero-order valence-corrected chi connectivity index (χ0v) is 11.0. The molecule has 19 heavy (non-hydrogen) atoms. The second-order valence-corrected chi connectivity index (χ2v) is 4.38. The van der Waals surface area contributed by atoms with Crippen molar-refractivity contribution in [3.63, 3.8) is 0 Å². The van der Waals surface area contributed by atoms with Crippen molar-refractivity contribution in [3.05, 3.63) is 48.6 Å². The van der Waals surface area contributed by atoms with E-state index >= 15 is 0 Å². The average Bonchev–Trinajstić information content (AvgIpc) is 2.39. The molecule has 2 rings (SSSR count). The standard InChI is InChI=1S/C15H17N3O/c1-11(2)8-9-19-14-10-13(16)17-15(18-14)12-6-4-3-5-7-12/h3-7,10H,1,8-9H2,2H3,(H2,16,17,18). The Labute approximate surface area is 113 Å². The topological polar surface area (TPSA) is 61.0 Å². The Kier molecular flexibility index (Phi) is 4.13. The molecule has 2 aromatic rings. The maximum absolute atomic E-state index is 5.78. The molecule has 4 nitrogen and oxygen atoms in total. The van der Waals surface area contributed by atoms with Crippen molar-refractivity contribution in [2.75, 3.05) is 12.3 Å². The highest BCUT2D eigenvalue weighted by atomic mass is 16.5. The van der Waals surface area contributed by atoms with Crippen LogP contribution in [-0.4, -0.2) is 16.6 Å². The molecule has 0 radical (unpaired) electrons. The third-order valence-corrected chi connectivity index (χ3v) is 2.53. The first kappa shape index (κ1) is 13.1. The molecule has 0 aliphatic heterocycles. The molecule has 1 aromatic heterocycles. The van der Waals surface area contributed by atoms with E-state index in [4.69, 9.17) is 10.5 Å². The van der Waals surface area contributed by atoms with E-state index in [2.05, 4.69) is 16.5 Å². The van der Waals surface area contributed by atoms with E-state index in [9.17, 15) is 0 Å². The Balaban J connectivity index is 2.18. The zero-order chi connectivity index (χ0) is 13.7. The fourth-order valence-corrected chi connectivity index (χ4v) is 1.56. The summed E-state index contributed by atoms with van der Waals surface area (Å²) >= 11 is 0. The maximum atomic E-state index is 5.78. The van der Waals surface area contributed by atoms with E-state index in [1.807, 2.05) is 37.3 Å². The molecule has 0 atom stereocenters. The monoisotopic (exact) mass is 255 g/mol. The van der Waals surface area contributed by atoms with Crippen LogP contribution in [0.25, 0.3) is 11.4 Å². The quantitative estimate of drug-likeness (QED) is 0.834. The highest BCUT2D eigenvalue weighted by Crippen LogP contribution is 2.20. The molecule has 0 aliphatic carbocycles. The first-order chi connectivity index (χ1) is 9.15. The lowest BCUT2D eigenvalue weighted by Gasteiger charge is -2.08. The minimum atomic E-state index is 0.402. The van der Waals surface area contributed by atoms with Crippen LogP contribution in [0, 0.1) is 0 Å². The van der Waals surface area contributed by atoms with Crippen LogP contribution in [0.4, 0.5) is 5.82 Å². The molecule has 0 saturated carbocycles. The number of nitrogens with two attached hydrogens (primary N) is 1. The smallest absolute Gasteiger partial charge is 0.219 e. The van der Waals surface area contributed by atoms with Gasteiger partial charge in [-0.05, 0) is 6.92 Å². The predicted molar refractivity (Wildman–Crippen MR) is 76.8 cm³/mol. The number of nitrogens with zero attached hydrogens (tertiary/aromatic N) is 2. The fraction of sp³-hybridized carbons (Fsp3) is 0.200. The second kappa shape index (κ2) is 6.00. The van der Waals surface area contributed by atoms with Gasteiger partial charge in [0, 0.05) is 18.1 Å². The van der Waals surface area contributed by atoms with E-state index in [1.54, 1.807) is 6.07 Å². The first-order valence-corrected chi connectivity index (χ1v) is 6.12. The summed E-state index contributed by atoms with van der Waals surface area (Å²) in [4.78, 5) is 8.57. The molecular weight excluding hydrogens is 238 g/mol. The van der Waals surface area contributed by atoms with Crippen LogP contribution in [0.15, 0.2) is 48.6 Å². The highest BCUT2D eigenvalue weighted by Gasteiger charge is 2.05. The molecule has 0 unspecified atom stereocenters. The number of ether oxygens (including phenoxy) is 1. The van der Waals surface area contributed by atoms with Gasteiger partial charge in [0.15, 0.2) is 5.82 Å². The Morgan fingerprint density at radius 3 is 2.68 bits per heavy atom. The Morgan fingerprint density at radius 1 is 1.26 bits per heavy atom. The minimum absolute atomic E-state index is 0.402. The van der Waals surface area contributed by atoms with E-state index in [1.165, 1.54) is 0 Å². The Bertz CT molecular complexity index is 567. The number of hydrogen-bond donors (Lipinski definition) is 1. The second-order valence-electron chi connectivity index (χ2n) is 4.38. The summed E-state index contributed by atoms with van der Waals surface area (Å²) in [7, 11) is 0. The molecule has 98 valence electrons. The van der Waals surface area contributed by atoms with Crippen LogP contribution in [0.1, 0.15) is 13.3 Å². The van der Waals surface area contributed by atoms with Gasteiger partial charge in [-0.3, -0.25) is 0 Å². The largest absolute Gasteiger partial charge is 0.477 e. The summed E-state index contributed by atoms with van der Waals surface area (Å²) in [6.07, 6.45) is 0.796. The van der Waals surface area contributed by atoms with Gasteiger partial charge in [0.25, 0.3) is 0 Å². The van der Waals surface area contributed by atoms with E-state index < -0.39 is 0 Å². The van der Waals surface area contributed by atoms with Gasteiger partial charge in [-0.1, -0.05) is 35.9 Å². The number of benzene rings is 1. The molecule has 0 fully saturated rings. The fourth-order valence-electron chi connectivity index (χ4n) is 1.56. The van der Waals surface area contributed by atoms with Gasteiger partial charge in [0.1, 0.15) is 5.82 Å². The van der Waals surface area contributed by atoms with E-state index in [-0.39, 0.29) is 0 Å². The summed E-state index contributed by atoms with van der Waals surface area (Å²) in [5.41, 5.74) is 7.77. The first-order valence-electron chi connectivity index (χ1n) is 6.12. The molecule has 0 amide bonds. The van der Waals surface area contributed by atoms with Gasteiger partial charge in [0.2, 0.25) is 5.88 Å². The van der Waals surface area contributed by atoms with Gasteiger partial charge in [-0.25, -0.2) is 4.98 Å². The third kappa shape index (κ3) is 3.81. The lowest BCUT2D eigenvalue weighted by atomic mass is 10.2. The summed E-state index contributed by atoms with van der Waals surface area (Å²) in [6.45, 7) is 6.34. The third-order valence-electron chi connectivity index (χ3n) is 2.53. The van der Waals surface area contributed by atoms with Crippen molar-refractivity contribution >= 4 is 5.82 Å². The number of anilines is 1. The van der Waals surface area contributed by atoms with Crippen molar-refractivity contribution in [1.29, 1.82) is 0 Å². The van der Waals surface area contributed by atoms with Gasteiger partial charge >= 0.3 is 0 Å². The van der Waals surface area contributed by atoms with Crippen LogP contribution >= 0.6 is 0 Å². The van der Waals surface area contributed by atoms with E-state index in [0.717, 1.165) is 17.6 Å². The Morgan fingerprint density at radius 2 is 2.00 bits per heavy atom. The molecule has 1 aromatic carbocycles. The summed E-state index contributed by atoms with van der Waals surface area (Å²) in [5, 5.41) is 0. The van der Waals surface area contributed by atoms with Crippen LogP contribution in [-0.2, 0) is 0 Å². The van der Waals surface area contributed by atoms with E-state index in [0.29, 0.717) is 24.1 Å². The molecule has 0 spiro atoms. The molecule has 0 bridgehead atoms. The molecule has 2 N–H and O–H groups in total. The number of hydrogen-bond acceptors (Lipinski definition) is 4. The zero-order valence-electron chi connectivity index (χ0n) is 11.0. The minimum Gasteiger partial charge on any atom is -0.477 e. The van der Waals surface area contributed by atoms with Crippen molar-refractivity contribution < 1.29 is 4.74 Å². The summed E-state index contributed by atoms with van der Waals surface area (Å²) < 4.78 is 5.57. The maximum Gasteiger partial charge on any atom is 0.219 e. The normalized spacial score (nSPS) is 10.2. The summed E-state index contributed by atoms with van der Waals surface area (Å²) in [5.74, 6) is 1.47. The summed E-state index contributed by atoms with van der Waals surface area (Å²) in [6, 6.07) is 11.3. The highest BCUT2D eigenvalue weighted by molar-refractivity contribution is 5.57. The van der Waals surface area contributed by atoms with Gasteiger partial charge < -0.3 is 10.5 Å². The lowest BCUT2D eigenvalue weighted by molar-refractivity contribution is 0.309. The van der Waals surface area contributed by atoms with Gasteiger partial charge in [-0.2, -0.15) is 4.98 Å². The van der Waals surface area contributed by atoms with Crippen molar-refractivity contribution in [2.24, 2.45) is 0 Å². The molecule has 0 saturated heterocycles. The number of rotatable bonds is 5. The van der Waals surface area contributed by atoms with Crippen LogP contribution in [0.3, 0.4) is 0 Å². The predicted octanol–water partition coefficient (Wildman–Crippen LogP) is 3.07. The molecular formula is C15H17N3O. The average molecular weight is 255 g/mol. The SMILES string of the molecule is C=C(C)CCOc1cc(N)nc(-c2ccccc2)n1. The van der Waals surface area contributed by atoms with Crippen LogP contribution in [0.2, 0.25) is 0 Å². The molecule has 1 heterocycles. The van der Waals surface area contributed by atoms with Gasteiger partial charge in [0.05, 0.1) is 6.61 Å². The molecule has 0 aliphatic rings. The molecule has 4 heteroatoms.